The second kappa shape index (κ2) is 12.0. The number of rotatable bonds is 7. The summed E-state index contributed by atoms with van der Waals surface area (Å²) in [7, 11) is 0. The Morgan fingerprint density at radius 1 is 1.06 bits per heavy atom. The number of nitriles is 1. The number of hydrogen-bond donors (Lipinski definition) is 1. The summed E-state index contributed by atoms with van der Waals surface area (Å²) < 4.78 is 39.9. The molecule has 0 aliphatic heterocycles. The SMILES string of the molecule is CC(=O)Oc1cccc(Oc2ccc(C(=O)O[C@]3(C(=O)OCC#N)CC[C@H]4[C@@H]5CC=C6CC(=O)C=C[C@]6(C)[C@@]5(F)[C@@H](O)C[C@@]43C)cc2)c1. The van der Waals surface area contributed by atoms with Gasteiger partial charge in [-0.1, -0.05) is 30.7 Å². The maximum atomic E-state index is 17.6. The molecule has 0 unspecified atom stereocenters. The normalized spacial score (nSPS) is 33.2. The van der Waals surface area contributed by atoms with Gasteiger partial charge in [0.2, 0.25) is 5.60 Å². The molecule has 0 bridgehead atoms. The summed E-state index contributed by atoms with van der Waals surface area (Å²) in [4.78, 5) is 51.1. The van der Waals surface area contributed by atoms with Crippen LogP contribution in [-0.4, -0.2) is 52.8 Å². The second-order valence-corrected chi connectivity index (χ2v) is 13.4. The Bertz CT molecular complexity index is 1780. The minimum atomic E-state index is -2.14. The fourth-order valence-electron chi connectivity index (χ4n) is 8.64. The first-order valence-electron chi connectivity index (χ1n) is 15.9. The van der Waals surface area contributed by atoms with Gasteiger partial charge in [-0.3, -0.25) is 9.59 Å². The molecule has 6 rings (SSSR count). The van der Waals surface area contributed by atoms with Crippen molar-refractivity contribution in [3.8, 4) is 23.3 Å². The van der Waals surface area contributed by atoms with Crippen molar-refractivity contribution in [3.63, 3.8) is 0 Å². The van der Waals surface area contributed by atoms with Gasteiger partial charge in [0.15, 0.2) is 18.1 Å². The molecule has 7 atom stereocenters. The van der Waals surface area contributed by atoms with E-state index >= 15 is 4.39 Å². The molecule has 250 valence electrons. The summed E-state index contributed by atoms with van der Waals surface area (Å²) >= 11 is 0. The number of alkyl halides is 1. The summed E-state index contributed by atoms with van der Waals surface area (Å²) in [6, 6.07) is 14.2. The first kappa shape index (κ1) is 33.1. The van der Waals surface area contributed by atoms with E-state index in [4.69, 9.17) is 18.9 Å². The maximum absolute atomic E-state index is 17.6. The molecule has 2 aromatic rings. The molecule has 2 saturated carbocycles. The highest BCUT2D eigenvalue weighted by atomic mass is 19.1. The Balaban J connectivity index is 1.28. The Hall–Kier alpha value is -4.82. The molecule has 1 N–H and O–H groups in total. The lowest BCUT2D eigenvalue weighted by Crippen LogP contribution is -2.69. The number of aliphatic hydroxyl groups is 1. The van der Waals surface area contributed by atoms with Crippen molar-refractivity contribution >= 4 is 23.7 Å². The topological polar surface area (TPSA) is 149 Å². The number of allylic oxidation sites excluding steroid dienone is 4. The molecule has 0 saturated heterocycles. The molecule has 11 heteroatoms. The Morgan fingerprint density at radius 3 is 2.50 bits per heavy atom. The van der Waals surface area contributed by atoms with Crippen LogP contribution in [0.4, 0.5) is 4.39 Å². The number of esters is 3. The summed E-state index contributed by atoms with van der Waals surface area (Å²) in [6.45, 7) is 4.13. The largest absolute Gasteiger partial charge is 0.457 e. The second-order valence-electron chi connectivity index (χ2n) is 13.4. The lowest BCUT2D eigenvalue weighted by Gasteiger charge is -2.61. The lowest BCUT2D eigenvalue weighted by atomic mass is 9.45. The highest BCUT2D eigenvalue weighted by Gasteiger charge is 2.76. The first-order valence-corrected chi connectivity index (χ1v) is 15.9. The number of benzene rings is 2. The predicted molar refractivity (Wildman–Crippen MR) is 167 cm³/mol. The van der Waals surface area contributed by atoms with Gasteiger partial charge < -0.3 is 24.1 Å². The number of hydrogen-bond acceptors (Lipinski definition) is 10. The van der Waals surface area contributed by atoms with Crippen molar-refractivity contribution in [2.24, 2.45) is 22.7 Å². The maximum Gasteiger partial charge on any atom is 0.352 e. The van der Waals surface area contributed by atoms with Gasteiger partial charge >= 0.3 is 17.9 Å². The first-order chi connectivity index (χ1) is 22.8. The minimum absolute atomic E-state index is 0.00491. The fraction of sp³-hybridized carbons (Fsp3) is 0.432. The van der Waals surface area contributed by atoms with Gasteiger partial charge in [-0.25, -0.2) is 14.0 Å². The van der Waals surface area contributed by atoms with Crippen molar-refractivity contribution < 1.29 is 47.6 Å². The third kappa shape index (κ3) is 5.10. The molecular weight excluding hydrogens is 621 g/mol. The smallest absolute Gasteiger partial charge is 0.352 e. The molecule has 4 aliphatic carbocycles. The van der Waals surface area contributed by atoms with Gasteiger partial charge in [0, 0.05) is 36.2 Å². The van der Waals surface area contributed by atoms with Gasteiger partial charge in [-0.15, -0.1) is 0 Å². The summed E-state index contributed by atoms with van der Waals surface area (Å²) in [5, 5.41) is 20.9. The number of fused-ring (bicyclic) bond motifs is 5. The van der Waals surface area contributed by atoms with Crippen LogP contribution in [0, 0.1) is 34.0 Å². The lowest BCUT2D eigenvalue weighted by molar-refractivity contribution is -0.220. The highest BCUT2D eigenvalue weighted by Crippen LogP contribution is 2.70. The van der Waals surface area contributed by atoms with Crippen molar-refractivity contribution in [1.29, 1.82) is 5.26 Å². The van der Waals surface area contributed by atoms with E-state index in [0.29, 0.717) is 29.2 Å². The van der Waals surface area contributed by atoms with Crippen LogP contribution in [0.5, 0.6) is 17.2 Å². The van der Waals surface area contributed by atoms with Crippen LogP contribution in [0.15, 0.2) is 72.3 Å². The Morgan fingerprint density at radius 2 is 1.79 bits per heavy atom. The molecule has 0 aromatic heterocycles. The van der Waals surface area contributed by atoms with E-state index < -0.39 is 64.6 Å². The number of carbonyl (C=O) groups is 4. The zero-order valence-corrected chi connectivity index (χ0v) is 26.9. The summed E-state index contributed by atoms with van der Waals surface area (Å²) in [6.07, 6.45) is 3.64. The molecular formula is C37H36FNO9. The van der Waals surface area contributed by atoms with E-state index in [1.165, 1.54) is 43.3 Å². The van der Waals surface area contributed by atoms with Crippen molar-refractivity contribution in [3.05, 3.63) is 77.9 Å². The monoisotopic (exact) mass is 657 g/mol. The van der Waals surface area contributed by atoms with Gasteiger partial charge in [0.25, 0.3) is 0 Å². The molecule has 10 nitrogen and oxygen atoms in total. The van der Waals surface area contributed by atoms with E-state index in [2.05, 4.69) is 0 Å². The Labute approximate surface area is 277 Å². The Kier molecular flexibility index (Phi) is 8.28. The summed E-state index contributed by atoms with van der Waals surface area (Å²) in [5.41, 5.74) is -5.79. The zero-order valence-electron chi connectivity index (χ0n) is 26.9. The number of ether oxygens (including phenoxy) is 4. The van der Waals surface area contributed by atoms with Crippen LogP contribution in [0.25, 0.3) is 0 Å². The van der Waals surface area contributed by atoms with Crippen LogP contribution in [-0.2, 0) is 23.9 Å². The van der Waals surface area contributed by atoms with Gasteiger partial charge in [-0.2, -0.15) is 5.26 Å². The van der Waals surface area contributed by atoms with Gasteiger partial charge in [-0.05, 0) is 81.0 Å². The van der Waals surface area contributed by atoms with E-state index in [-0.39, 0.29) is 37.0 Å². The van der Waals surface area contributed by atoms with Crippen molar-refractivity contribution in [2.45, 2.75) is 70.2 Å². The number of halogens is 1. The fourth-order valence-corrected chi connectivity index (χ4v) is 8.64. The van der Waals surface area contributed by atoms with Crippen LogP contribution in [0.2, 0.25) is 0 Å². The quantitative estimate of drug-likeness (QED) is 0.222. The molecule has 0 amide bonds. The predicted octanol–water partition coefficient (Wildman–Crippen LogP) is 5.74. The van der Waals surface area contributed by atoms with Crippen molar-refractivity contribution in [1.82, 2.24) is 0 Å². The van der Waals surface area contributed by atoms with Crippen molar-refractivity contribution in [2.75, 3.05) is 6.61 Å². The third-order valence-corrected chi connectivity index (χ3v) is 11.0. The van der Waals surface area contributed by atoms with Crippen LogP contribution >= 0.6 is 0 Å². The molecule has 0 radical (unpaired) electrons. The molecule has 2 aromatic carbocycles. The number of aliphatic hydroxyl groups excluding tert-OH is 1. The van der Waals surface area contributed by atoms with Gasteiger partial charge in [0.05, 0.1) is 11.7 Å². The highest BCUT2D eigenvalue weighted by molar-refractivity contribution is 5.94. The van der Waals surface area contributed by atoms with Gasteiger partial charge in [0.1, 0.15) is 23.3 Å². The molecule has 48 heavy (non-hydrogen) atoms. The minimum Gasteiger partial charge on any atom is -0.457 e. The molecule has 4 aliphatic rings. The van der Waals surface area contributed by atoms with Crippen LogP contribution in [0.3, 0.4) is 0 Å². The van der Waals surface area contributed by atoms with Crippen LogP contribution in [0.1, 0.15) is 63.2 Å². The standard InChI is InChI=1S/C37H36FNO9/c1-22(40)46-27-5-4-6-28(20-27)47-26-10-7-23(8-11-26)32(43)48-36(33(44)45-18-17-39)16-14-29-30-12-9-24-19-25(41)13-15-34(24,2)37(30,38)31(42)21-35(29,36)3/h4-11,13,15,20,29-31,42H,12,14,16,18-19,21H2,1-3H3/t29-,30-,31-,34-,35-,36-,37-/m0/s1. The summed E-state index contributed by atoms with van der Waals surface area (Å²) in [5.74, 6) is -2.56. The molecule has 2 fully saturated rings. The van der Waals surface area contributed by atoms with E-state index in [1.807, 2.05) is 6.08 Å². The molecule has 0 heterocycles. The third-order valence-electron chi connectivity index (χ3n) is 11.0. The molecule has 0 spiro atoms. The number of nitrogens with zero attached hydrogens (tertiary/aromatic N) is 1. The number of ketones is 1. The van der Waals surface area contributed by atoms with E-state index in [9.17, 15) is 29.5 Å². The zero-order chi connectivity index (χ0) is 34.5. The van der Waals surface area contributed by atoms with E-state index in [0.717, 1.165) is 0 Å². The average Bonchev–Trinajstić information content (AvgIpc) is 3.33. The number of carbonyl (C=O) groups excluding carboxylic acids is 4. The van der Waals surface area contributed by atoms with Crippen LogP contribution < -0.4 is 9.47 Å². The average molecular weight is 658 g/mol. The van der Waals surface area contributed by atoms with E-state index in [1.54, 1.807) is 44.2 Å².